The molecule has 0 saturated carbocycles. The van der Waals surface area contributed by atoms with Gasteiger partial charge in [-0.1, -0.05) is 27.7 Å². The van der Waals surface area contributed by atoms with Crippen molar-refractivity contribution in [2.75, 3.05) is 7.11 Å². The quantitative estimate of drug-likeness (QED) is 0.551. The van der Waals surface area contributed by atoms with E-state index < -0.39 is 23.6 Å². The first-order valence-corrected chi connectivity index (χ1v) is 8.94. The van der Waals surface area contributed by atoms with Crippen molar-refractivity contribution in [3.8, 4) is 23.4 Å². The van der Waals surface area contributed by atoms with Crippen LogP contribution >= 0.6 is 0 Å². The summed E-state index contributed by atoms with van der Waals surface area (Å²) in [4.78, 5) is 20.4. The molecule has 0 fully saturated rings. The fraction of sp³-hybridized carbons (Fsp3) is 0.400. The van der Waals surface area contributed by atoms with Crippen LogP contribution in [0, 0.1) is 16.7 Å². The number of nitrogens with zero attached hydrogens (tertiary/aromatic N) is 3. The molecule has 0 amide bonds. The van der Waals surface area contributed by atoms with E-state index in [1.54, 1.807) is 24.3 Å². The third kappa shape index (κ3) is 8.15. The van der Waals surface area contributed by atoms with Crippen LogP contribution < -0.4 is 9.47 Å². The molecule has 1 heterocycles. The van der Waals surface area contributed by atoms with Crippen LogP contribution in [-0.2, 0) is 11.2 Å². The summed E-state index contributed by atoms with van der Waals surface area (Å²) in [6, 6.07) is 7.82. The van der Waals surface area contributed by atoms with E-state index in [1.807, 2.05) is 33.8 Å². The number of ether oxygens (including phenoxy) is 2. The number of hydrogen-bond acceptors (Lipinski definition) is 6. The van der Waals surface area contributed by atoms with E-state index in [4.69, 9.17) is 29.7 Å². The molecule has 2 rings (SSSR count). The number of benzene rings is 1. The summed E-state index contributed by atoms with van der Waals surface area (Å²) in [5.74, 6) is 0.151. The third-order valence-corrected chi connectivity index (χ3v) is 3.96. The van der Waals surface area contributed by atoms with Gasteiger partial charge in [0.1, 0.15) is 5.75 Å². The van der Waals surface area contributed by atoms with E-state index in [9.17, 15) is 9.90 Å². The summed E-state index contributed by atoms with van der Waals surface area (Å²) >= 11 is 0. The number of methoxy groups -OCH3 is 1. The number of carboxylic acids is 1. The molecular formula is C20H26KN3O7. The molecule has 1 atom stereocenters. The van der Waals surface area contributed by atoms with Crippen molar-refractivity contribution in [3.05, 3.63) is 35.5 Å². The molecule has 1 unspecified atom stereocenters. The van der Waals surface area contributed by atoms with Crippen molar-refractivity contribution >= 4 is 63.5 Å². The first kappa shape index (κ1) is 28.9. The summed E-state index contributed by atoms with van der Waals surface area (Å²) < 4.78 is 12.7. The van der Waals surface area contributed by atoms with Crippen molar-refractivity contribution in [2.45, 2.75) is 40.2 Å². The van der Waals surface area contributed by atoms with Crippen LogP contribution in [0.25, 0.3) is 0 Å². The maximum absolute atomic E-state index is 11.9. The molecule has 0 aliphatic rings. The number of aliphatic carboxylic acids is 1. The Morgan fingerprint density at radius 1 is 1.19 bits per heavy atom. The molecule has 164 valence electrons. The van der Waals surface area contributed by atoms with Crippen LogP contribution in [0.15, 0.2) is 24.3 Å². The zero-order valence-electron chi connectivity index (χ0n) is 17.4. The predicted molar refractivity (Wildman–Crippen MR) is 113 cm³/mol. The molecule has 0 aliphatic carbocycles. The molecule has 10 nitrogen and oxygen atoms in total. The first-order chi connectivity index (χ1) is 14.0. The van der Waals surface area contributed by atoms with Crippen molar-refractivity contribution in [1.29, 1.82) is 5.26 Å². The molecule has 2 aromatic rings. The van der Waals surface area contributed by atoms with Gasteiger partial charge in [0, 0.05) is 0 Å². The van der Waals surface area contributed by atoms with E-state index in [1.165, 1.54) is 11.8 Å². The van der Waals surface area contributed by atoms with E-state index in [0.717, 1.165) is 0 Å². The van der Waals surface area contributed by atoms with Gasteiger partial charge >= 0.3 is 63.5 Å². The average molecular weight is 460 g/mol. The monoisotopic (exact) mass is 459 g/mol. The average Bonchev–Trinajstić information content (AvgIpc) is 2.97. The van der Waals surface area contributed by atoms with Crippen molar-refractivity contribution in [2.24, 2.45) is 5.41 Å². The summed E-state index contributed by atoms with van der Waals surface area (Å²) in [5, 5.41) is 36.9. The Bertz CT molecular complexity index is 924. The number of hydrogen-bond donors (Lipinski definition) is 3. The van der Waals surface area contributed by atoms with Crippen LogP contribution in [0.3, 0.4) is 0 Å². The van der Waals surface area contributed by atoms with E-state index in [-0.39, 0.29) is 57.3 Å². The van der Waals surface area contributed by atoms with Gasteiger partial charge in [0.05, 0.1) is 24.4 Å². The number of nitriles is 1. The van der Waals surface area contributed by atoms with Gasteiger partial charge < -0.3 is 24.8 Å². The van der Waals surface area contributed by atoms with Gasteiger partial charge in [0.2, 0.25) is 5.75 Å². The van der Waals surface area contributed by atoms with E-state index in [0.29, 0.717) is 29.2 Å². The minimum absolute atomic E-state index is 0. The third-order valence-electron chi connectivity index (χ3n) is 3.96. The number of carbonyl (C=O) groups is 2. The normalized spacial score (nSPS) is 11.1. The van der Waals surface area contributed by atoms with E-state index >= 15 is 0 Å². The van der Waals surface area contributed by atoms with Gasteiger partial charge in [0.15, 0.2) is 6.04 Å². The Labute approximate surface area is 222 Å². The number of rotatable bonds is 6. The minimum atomic E-state index is -1.83. The van der Waals surface area contributed by atoms with Crippen molar-refractivity contribution in [3.63, 3.8) is 0 Å². The van der Waals surface area contributed by atoms with Gasteiger partial charge in [-0.05, 0) is 36.1 Å². The van der Waals surface area contributed by atoms with Crippen molar-refractivity contribution in [1.82, 2.24) is 9.78 Å². The second-order valence-corrected chi connectivity index (χ2v) is 7.21. The molecule has 11 heteroatoms. The molecule has 0 aliphatic heterocycles. The maximum atomic E-state index is 11.9. The zero-order chi connectivity index (χ0) is 23.1. The second kappa shape index (κ2) is 12.7. The summed E-state index contributed by atoms with van der Waals surface area (Å²) in [6.45, 7) is 7.45. The molecule has 0 radical (unpaired) electrons. The standard InChI is InChI=1S/C19H23N3O4.CH2O3.K.H/c1-6-14-15(26-13-9-7-12(11-20)8-10-13)17(25-5)21-22(14)16(18(23)24)19(2,3)4;2-1(3)4;;/h7-10,16H,6H2,1-5H3,(H,23,24);(H2,2,3,4);;. The van der Waals surface area contributed by atoms with Crippen LogP contribution in [-0.4, -0.2) is 95.7 Å². The Morgan fingerprint density at radius 2 is 1.71 bits per heavy atom. The predicted octanol–water partition coefficient (Wildman–Crippen LogP) is 3.36. The van der Waals surface area contributed by atoms with Crippen LogP contribution in [0.1, 0.15) is 45.0 Å². The Kier molecular flexibility index (Phi) is 11.8. The Morgan fingerprint density at radius 3 is 2.06 bits per heavy atom. The summed E-state index contributed by atoms with van der Waals surface area (Å²) in [7, 11) is 1.46. The molecule has 0 spiro atoms. The molecular weight excluding hydrogens is 433 g/mol. The molecule has 3 N–H and O–H groups in total. The number of aromatic nitrogens is 2. The summed E-state index contributed by atoms with van der Waals surface area (Å²) in [5.41, 5.74) is 0.598. The fourth-order valence-electron chi connectivity index (χ4n) is 2.76. The van der Waals surface area contributed by atoms with Crippen LogP contribution in [0.5, 0.6) is 17.4 Å². The molecule has 1 aromatic heterocycles. The molecule has 0 saturated heterocycles. The second-order valence-electron chi connectivity index (χ2n) is 7.21. The van der Waals surface area contributed by atoms with Gasteiger partial charge in [-0.25, -0.2) is 14.3 Å². The van der Waals surface area contributed by atoms with Gasteiger partial charge in [-0.2, -0.15) is 5.26 Å². The van der Waals surface area contributed by atoms with Gasteiger partial charge in [-0.15, -0.1) is 5.10 Å². The van der Waals surface area contributed by atoms with E-state index in [2.05, 4.69) is 5.10 Å². The SMILES string of the molecule is CCc1c(Oc2ccc(C#N)cc2)c(OC)nn1C(C(=O)O)C(C)(C)C.O=C(O)O.[KH]. The molecule has 31 heavy (non-hydrogen) atoms. The number of carboxylic acid groups (broad SMARTS) is 3. The Hall–Kier alpha value is -2.10. The van der Waals surface area contributed by atoms with Crippen molar-refractivity contribution < 1.29 is 34.4 Å². The van der Waals surface area contributed by atoms with Crippen LogP contribution in [0.4, 0.5) is 4.79 Å². The summed E-state index contributed by atoms with van der Waals surface area (Å²) in [6.07, 6.45) is -1.32. The zero-order valence-corrected chi connectivity index (χ0v) is 17.4. The fourth-order valence-corrected chi connectivity index (χ4v) is 2.76. The van der Waals surface area contributed by atoms with Gasteiger partial charge in [0.25, 0.3) is 5.88 Å². The topological polar surface area (TPSA) is 155 Å². The first-order valence-electron chi connectivity index (χ1n) is 8.94. The van der Waals surface area contributed by atoms with Gasteiger partial charge in [-0.3, -0.25) is 0 Å². The molecule has 1 aromatic carbocycles. The van der Waals surface area contributed by atoms with Crippen LogP contribution in [0.2, 0.25) is 0 Å². The molecule has 0 bridgehead atoms. The Balaban J connectivity index is 0.00000165.